The Morgan fingerprint density at radius 2 is 1.70 bits per heavy atom. The standard InChI is InChI=1S/C17H28N2O/c1-12-7-13(2)9-16(8-12)17(18)5-6-19-10-14(3)20-15(4)11-19/h7-9,14-15,17H,5-6,10-11,18H2,1-4H3/t14-,15+,17?. The summed E-state index contributed by atoms with van der Waals surface area (Å²) >= 11 is 0. The van der Waals surface area contributed by atoms with E-state index in [2.05, 4.69) is 50.8 Å². The van der Waals surface area contributed by atoms with Gasteiger partial charge in [0.05, 0.1) is 12.2 Å². The van der Waals surface area contributed by atoms with Gasteiger partial charge in [-0.1, -0.05) is 29.3 Å². The minimum absolute atomic E-state index is 0.127. The molecule has 0 aromatic heterocycles. The van der Waals surface area contributed by atoms with Crippen LogP contribution in [0.15, 0.2) is 18.2 Å². The fourth-order valence-electron chi connectivity index (χ4n) is 3.18. The van der Waals surface area contributed by atoms with E-state index in [4.69, 9.17) is 10.5 Å². The van der Waals surface area contributed by atoms with Gasteiger partial charge in [0, 0.05) is 25.7 Å². The molecule has 0 radical (unpaired) electrons. The van der Waals surface area contributed by atoms with Crippen LogP contribution in [0, 0.1) is 13.8 Å². The number of nitrogens with two attached hydrogens (primary N) is 1. The number of nitrogens with zero attached hydrogens (tertiary/aromatic N) is 1. The fourth-order valence-corrected chi connectivity index (χ4v) is 3.18. The molecule has 112 valence electrons. The minimum atomic E-state index is 0.127. The molecule has 0 bridgehead atoms. The maximum absolute atomic E-state index is 6.36. The number of benzene rings is 1. The van der Waals surface area contributed by atoms with Crippen molar-refractivity contribution in [2.75, 3.05) is 19.6 Å². The first-order valence-corrected chi connectivity index (χ1v) is 7.65. The fraction of sp³-hybridized carbons (Fsp3) is 0.647. The first-order chi connectivity index (χ1) is 9.44. The van der Waals surface area contributed by atoms with Crippen molar-refractivity contribution in [2.24, 2.45) is 5.73 Å². The third-order valence-electron chi connectivity index (χ3n) is 3.92. The number of aryl methyl sites for hydroxylation is 2. The molecule has 20 heavy (non-hydrogen) atoms. The van der Waals surface area contributed by atoms with Crippen LogP contribution in [-0.2, 0) is 4.74 Å². The van der Waals surface area contributed by atoms with E-state index >= 15 is 0 Å². The molecule has 0 aliphatic carbocycles. The highest BCUT2D eigenvalue weighted by Gasteiger charge is 2.22. The number of hydrogen-bond donors (Lipinski definition) is 1. The molecule has 1 aliphatic rings. The lowest BCUT2D eigenvalue weighted by Crippen LogP contribution is -2.46. The van der Waals surface area contributed by atoms with Gasteiger partial charge in [0.1, 0.15) is 0 Å². The zero-order valence-corrected chi connectivity index (χ0v) is 13.2. The van der Waals surface area contributed by atoms with Gasteiger partial charge in [-0.25, -0.2) is 0 Å². The Balaban J connectivity index is 1.89. The summed E-state index contributed by atoms with van der Waals surface area (Å²) in [5.74, 6) is 0. The van der Waals surface area contributed by atoms with E-state index in [-0.39, 0.29) is 6.04 Å². The number of hydrogen-bond acceptors (Lipinski definition) is 3. The van der Waals surface area contributed by atoms with Crippen LogP contribution >= 0.6 is 0 Å². The highest BCUT2D eigenvalue weighted by molar-refractivity contribution is 5.30. The molecule has 1 saturated heterocycles. The quantitative estimate of drug-likeness (QED) is 0.919. The lowest BCUT2D eigenvalue weighted by Gasteiger charge is -2.35. The van der Waals surface area contributed by atoms with Gasteiger partial charge in [0.25, 0.3) is 0 Å². The van der Waals surface area contributed by atoms with Crippen molar-refractivity contribution in [3.63, 3.8) is 0 Å². The summed E-state index contributed by atoms with van der Waals surface area (Å²) in [7, 11) is 0. The SMILES string of the molecule is Cc1cc(C)cc(C(N)CCN2C[C@@H](C)O[C@@H](C)C2)c1. The second-order valence-corrected chi connectivity index (χ2v) is 6.33. The van der Waals surface area contributed by atoms with Gasteiger partial charge in [0.2, 0.25) is 0 Å². The topological polar surface area (TPSA) is 38.5 Å². The maximum Gasteiger partial charge on any atom is 0.0678 e. The normalized spacial score (nSPS) is 25.6. The number of morpholine rings is 1. The van der Waals surface area contributed by atoms with E-state index in [1.54, 1.807) is 0 Å². The summed E-state index contributed by atoms with van der Waals surface area (Å²) in [6.07, 6.45) is 1.66. The summed E-state index contributed by atoms with van der Waals surface area (Å²) in [5.41, 5.74) is 10.2. The average molecular weight is 276 g/mol. The number of ether oxygens (including phenoxy) is 1. The van der Waals surface area contributed by atoms with Crippen molar-refractivity contribution in [1.29, 1.82) is 0 Å². The van der Waals surface area contributed by atoms with Crippen LogP contribution in [-0.4, -0.2) is 36.7 Å². The molecule has 3 heteroatoms. The van der Waals surface area contributed by atoms with Crippen molar-refractivity contribution in [3.8, 4) is 0 Å². The van der Waals surface area contributed by atoms with Crippen LogP contribution in [0.4, 0.5) is 0 Å². The van der Waals surface area contributed by atoms with Crippen molar-refractivity contribution in [2.45, 2.75) is 52.4 Å². The molecule has 1 heterocycles. The van der Waals surface area contributed by atoms with E-state index in [9.17, 15) is 0 Å². The van der Waals surface area contributed by atoms with E-state index in [1.165, 1.54) is 16.7 Å². The predicted octanol–water partition coefficient (Wildman–Crippen LogP) is 2.80. The van der Waals surface area contributed by atoms with Crippen molar-refractivity contribution in [1.82, 2.24) is 4.90 Å². The molecular weight excluding hydrogens is 248 g/mol. The van der Waals surface area contributed by atoms with Crippen LogP contribution in [0.1, 0.15) is 43.0 Å². The Bertz CT molecular complexity index is 416. The predicted molar refractivity (Wildman–Crippen MR) is 83.9 cm³/mol. The minimum Gasteiger partial charge on any atom is -0.373 e. The largest absolute Gasteiger partial charge is 0.373 e. The molecule has 3 nitrogen and oxygen atoms in total. The van der Waals surface area contributed by atoms with Gasteiger partial charge in [-0.2, -0.15) is 0 Å². The molecule has 0 amide bonds. The summed E-state index contributed by atoms with van der Waals surface area (Å²) < 4.78 is 5.77. The molecular formula is C17H28N2O. The maximum atomic E-state index is 6.36. The van der Waals surface area contributed by atoms with Crippen LogP contribution in [0.25, 0.3) is 0 Å². The third-order valence-corrected chi connectivity index (χ3v) is 3.92. The summed E-state index contributed by atoms with van der Waals surface area (Å²) in [6.45, 7) is 11.6. The molecule has 1 aromatic carbocycles. The molecule has 1 aliphatic heterocycles. The second-order valence-electron chi connectivity index (χ2n) is 6.33. The van der Waals surface area contributed by atoms with Crippen molar-refractivity contribution < 1.29 is 4.74 Å². The molecule has 3 atom stereocenters. The summed E-state index contributed by atoms with van der Waals surface area (Å²) in [4.78, 5) is 2.47. The Labute approximate surface area is 123 Å². The molecule has 1 fully saturated rings. The van der Waals surface area contributed by atoms with Gasteiger partial charge >= 0.3 is 0 Å². The third kappa shape index (κ3) is 4.30. The Kier molecular flexibility index (Phi) is 5.19. The van der Waals surface area contributed by atoms with Gasteiger partial charge in [-0.15, -0.1) is 0 Å². The van der Waals surface area contributed by atoms with Crippen molar-refractivity contribution in [3.05, 3.63) is 34.9 Å². The summed E-state index contributed by atoms with van der Waals surface area (Å²) in [6, 6.07) is 6.74. The molecule has 0 spiro atoms. The molecule has 1 unspecified atom stereocenters. The lowest BCUT2D eigenvalue weighted by atomic mass is 9.99. The zero-order valence-electron chi connectivity index (χ0n) is 13.2. The first-order valence-electron chi connectivity index (χ1n) is 7.65. The van der Waals surface area contributed by atoms with E-state index in [0.717, 1.165) is 26.1 Å². The Morgan fingerprint density at radius 3 is 2.25 bits per heavy atom. The summed E-state index contributed by atoms with van der Waals surface area (Å²) in [5, 5.41) is 0. The molecule has 1 aromatic rings. The highest BCUT2D eigenvalue weighted by Crippen LogP contribution is 2.19. The van der Waals surface area contributed by atoms with Gasteiger partial charge in [0.15, 0.2) is 0 Å². The monoisotopic (exact) mass is 276 g/mol. The van der Waals surface area contributed by atoms with E-state index < -0.39 is 0 Å². The Morgan fingerprint density at radius 1 is 1.15 bits per heavy atom. The number of rotatable bonds is 4. The highest BCUT2D eigenvalue weighted by atomic mass is 16.5. The van der Waals surface area contributed by atoms with Crippen LogP contribution in [0.3, 0.4) is 0 Å². The average Bonchev–Trinajstić information content (AvgIpc) is 2.33. The second kappa shape index (κ2) is 6.70. The molecule has 2 N–H and O–H groups in total. The van der Waals surface area contributed by atoms with Crippen LogP contribution in [0.2, 0.25) is 0 Å². The van der Waals surface area contributed by atoms with Crippen LogP contribution in [0.5, 0.6) is 0 Å². The van der Waals surface area contributed by atoms with Crippen LogP contribution < -0.4 is 5.73 Å². The van der Waals surface area contributed by atoms with Gasteiger partial charge in [-0.05, 0) is 39.7 Å². The van der Waals surface area contributed by atoms with Gasteiger partial charge in [-0.3, -0.25) is 4.90 Å². The first kappa shape index (κ1) is 15.5. The van der Waals surface area contributed by atoms with E-state index in [0.29, 0.717) is 12.2 Å². The lowest BCUT2D eigenvalue weighted by molar-refractivity contribution is -0.0684. The molecule has 2 rings (SSSR count). The Hall–Kier alpha value is -0.900. The smallest absolute Gasteiger partial charge is 0.0678 e. The van der Waals surface area contributed by atoms with E-state index in [1.807, 2.05) is 0 Å². The molecule has 0 saturated carbocycles. The van der Waals surface area contributed by atoms with Gasteiger partial charge < -0.3 is 10.5 Å². The zero-order chi connectivity index (χ0) is 14.7. The van der Waals surface area contributed by atoms with Crippen molar-refractivity contribution >= 4 is 0 Å².